The van der Waals surface area contributed by atoms with Crippen molar-refractivity contribution in [2.24, 2.45) is 17.6 Å². The molecule has 4 nitrogen and oxygen atoms in total. The Labute approximate surface area is 97.1 Å². The summed E-state index contributed by atoms with van der Waals surface area (Å²) in [4.78, 5) is 14.2. The van der Waals surface area contributed by atoms with E-state index >= 15 is 0 Å². The monoisotopic (exact) mass is 226 g/mol. The Hall–Kier alpha value is -0.610. The standard InChI is InChI=1S/C12H22N2O2/c1-9(13)10-3-2-5-14(7-10)12(15)11-4-6-16-8-11/h9-11H,2-8,13H2,1H3. The first kappa shape index (κ1) is 11.9. The number of likely N-dealkylation sites (tertiary alicyclic amines) is 1. The van der Waals surface area contributed by atoms with Crippen LogP contribution in [0.3, 0.4) is 0 Å². The molecule has 2 N–H and O–H groups in total. The van der Waals surface area contributed by atoms with E-state index < -0.39 is 0 Å². The van der Waals surface area contributed by atoms with E-state index in [1.165, 1.54) is 0 Å². The normalized spacial score (nSPS) is 32.8. The van der Waals surface area contributed by atoms with E-state index in [4.69, 9.17) is 10.5 Å². The fraction of sp³-hybridized carbons (Fsp3) is 0.917. The zero-order valence-electron chi connectivity index (χ0n) is 10.0. The van der Waals surface area contributed by atoms with Crippen molar-refractivity contribution < 1.29 is 9.53 Å². The second kappa shape index (κ2) is 5.15. The lowest BCUT2D eigenvalue weighted by Crippen LogP contribution is -2.47. The van der Waals surface area contributed by atoms with Gasteiger partial charge < -0.3 is 15.4 Å². The molecular formula is C12H22N2O2. The smallest absolute Gasteiger partial charge is 0.228 e. The molecule has 0 spiro atoms. The summed E-state index contributed by atoms with van der Waals surface area (Å²) in [5.41, 5.74) is 5.92. The lowest BCUT2D eigenvalue weighted by molar-refractivity contribution is -0.137. The Balaban J connectivity index is 1.90. The van der Waals surface area contributed by atoms with Crippen LogP contribution in [0.4, 0.5) is 0 Å². The van der Waals surface area contributed by atoms with Gasteiger partial charge >= 0.3 is 0 Å². The van der Waals surface area contributed by atoms with Crippen LogP contribution in [0.2, 0.25) is 0 Å². The minimum absolute atomic E-state index is 0.104. The third-order valence-electron chi connectivity index (χ3n) is 3.79. The second-order valence-electron chi connectivity index (χ2n) is 5.11. The number of nitrogens with two attached hydrogens (primary N) is 1. The van der Waals surface area contributed by atoms with Gasteiger partial charge in [-0.3, -0.25) is 4.79 Å². The third-order valence-corrected chi connectivity index (χ3v) is 3.79. The summed E-state index contributed by atoms with van der Waals surface area (Å²) in [6, 6.07) is 0.190. The first-order chi connectivity index (χ1) is 7.68. The first-order valence-corrected chi connectivity index (χ1v) is 6.30. The maximum absolute atomic E-state index is 12.2. The number of nitrogens with zero attached hydrogens (tertiary/aromatic N) is 1. The van der Waals surface area contributed by atoms with Crippen LogP contribution in [0, 0.1) is 11.8 Å². The Morgan fingerprint density at radius 1 is 1.50 bits per heavy atom. The lowest BCUT2D eigenvalue weighted by atomic mass is 9.91. The molecule has 2 rings (SSSR count). The van der Waals surface area contributed by atoms with Gasteiger partial charge in [-0.05, 0) is 32.1 Å². The Kier molecular flexibility index (Phi) is 3.82. The molecule has 0 aromatic carbocycles. The second-order valence-corrected chi connectivity index (χ2v) is 5.11. The minimum atomic E-state index is 0.104. The first-order valence-electron chi connectivity index (χ1n) is 6.30. The van der Waals surface area contributed by atoms with Crippen molar-refractivity contribution >= 4 is 5.91 Å². The van der Waals surface area contributed by atoms with Crippen molar-refractivity contribution in [2.45, 2.75) is 32.2 Å². The van der Waals surface area contributed by atoms with Crippen LogP contribution in [0.25, 0.3) is 0 Å². The van der Waals surface area contributed by atoms with Crippen molar-refractivity contribution in [1.82, 2.24) is 4.90 Å². The molecule has 3 atom stereocenters. The molecule has 4 heteroatoms. The Morgan fingerprint density at radius 2 is 2.31 bits per heavy atom. The van der Waals surface area contributed by atoms with Crippen LogP contribution in [0.1, 0.15) is 26.2 Å². The molecule has 2 aliphatic heterocycles. The number of rotatable bonds is 2. The SMILES string of the molecule is CC(N)C1CCCN(C(=O)C2CCOC2)C1. The molecule has 2 heterocycles. The number of carbonyl (C=O) groups is 1. The fourth-order valence-corrected chi connectivity index (χ4v) is 2.63. The highest BCUT2D eigenvalue weighted by Gasteiger charge is 2.31. The van der Waals surface area contributed by atoms with Crippen LogP contribution in [0.5, 0.6) is 0 Å². The number of amides is 1. The molecule has 3 unspecified atom stereocenters. The fourth-order valence-electron chi connectivity index (χ4n) is 2.63. The van der Waals surface area contributed by atoms with Gasteiger partial charge in [-0.2, -0.15) is 0 Å². The molecule has 0 aromatic rings. The summed E-state index contributed by atoms with van der Waals surface area (Å²) in [6.45, 7) is 5.13. The predicted molar refractivity (Wildman–Crippen MR) is 61.9 cm³/mol. The molecule has 2 saturated heterocycles. The predicted octanol–water partition coefficient (Wildman–Crippen LogP) is 0.609. The molecule has 2 aliphatic rings. The number of hydrogen-bond acceptors (Lipinski definition) is 3. The lowest BCUT2D eigenvalue weighted by Gasteiger charge is -2.35. The summed E-state index contributed by atoms with van der Waals surface area (Å²) in [5, 5.41) is 0. The summed E-state index contributed by atoms with van der Waals surface area (Å²) >= 11 is 0. The van der Waals surface area contributed by atoms with Crippen LogP contribution in [-0.4, -0.2) is 43.2 Å². The van der Waals surface area contributed by atoms with Gasteiger partial charge in [-0.25, -0.2) is 0 Å². The van der Waals surface area contributed by atoms with E-state index in [0.717, 1.165) is 39.0 Å². The van der Waals surface area contributed by atoms with Gasteiger partial charge in [0.25, 0.3) is 0 Å². The highest BCUT2D eigenvalue weighted by molar-refractivity contribution is 5.79. The van der Waals surface area contributed by atoms with Gasteiger partial charge in [-0.1, -0.05) is 0 Å². The molecule has 0 aliphatic carbocycles. The summed E-state index contributed by atoms with van der Waals surface area (Å²) in [6.07, 6.45) is 3.13. The molecule has 1 amide bonds. The van der Waals surface area contributed by atoms with E-state index in [-0.39, 0.29) is 17.9 Å². The highest BCUT2D eigenvalue weighted by atomic mass is 16.5. The van der Waals surface area contributed by atoms with E-state index in [2.05, 4.69) is 0 Å². The van der Waals surface area contributed by atoms with E-state index in [0.29, 0.717) is 12.5 Å². The maximum atomic E-state index is 12.2. The number of hydrogen-bond donors (Lipinski definition) is 1. The van der Waals surface area contributed by atoms with Crippen LogP contribution in [-0.2, 0) is 9.53 Å². The van der Waals surface area contributed by atoms with Crippen molar-refractivity contribution in [3.63, 3.8) is 0 Å². The number of ether oxygens (including phenoxy) is 1. The number of piperidine rings is 1. The van der Waals surface area contributed by atoms with Gasteiger partial charge in [0.15, 0.2) is 0 Å². The van der Waals surface area contributed by atoms with E-state index in [1.807, 2.05) is 11.8 Å². The summed E-state index contributed by atoms with van der Waals surface area (Å²) in [5.74, 6) is 0.856. The molecule has 92 valence electrons. The molecule has 16 heavy (non-hydrogen) atoms. The van der Waals surface area contributed by atoms with Gasteiger partial charge in [0.2, 0.25) is 5.91 Å². The third kappa shape index (κ3) is 2.55. The minimum Gasteiger partial charge on any atom is -0.381 e. The van der Waals surface area contributed by atoms with Gasteiger partial charge in [0, 0.05) is 25.7 Å². The van der Waals surface area contributed by atoms with E-state index in [1.54, 1.807) is 0 Å². The van der Waals surface area contributed by atoms with Crippen LogP contribution >= 0.6 is 0 Å². The van der Waals surface area contributed by atoms with Crippen molar-refractivity contribution in [3.8, 4) is 0 Å². The maximum Gasteiger partial charge on any atom is 0.228 e. The number of carbonyl (C=O) groups excluding carboxylic acids is 1. The largest absolute Gasteiger partial charge is 0.381 e. The van der Waals surface area contributed by atoms with Crippen LogP contribution < -0.4 is 5.73 Å². The molecule has 0 radical (unpaired) electrons. The Morgan fingerprint density at radius 3 is 2.94 bits per heavy atom. The molecular weight excluding hydrogens is 204 g/mol. The molecule has 0 saturated carbocycles. The Bertz CT molecular complexity index is 249. The van der Waals surface area contributed by atoms with Crippen LogP contribution in [0.15, 0.2) is 0 Å². The zero-order valence-corrected chi connectivity index (χ0v) is 10.0. The summed E-state index contributed by atoms with van der Waals surface area (Å²) in [7, 11) is 0. The van der Waals surface area contributed by atoms with Crippen molar-refractivity contribution in [1.29, 1.82) is 0 Å². The molecule has 0 bridgehead atoms. The van der Waals surface area contributed by atoms with E-state index in [9.17, 15) is 4.79 Å². The average molecular weight is 226 g/mol. The average Bonchev–Trinajstić information content (AvgIpc) is 2.81. The molecule has 0 aromatic heterocycles. The van der Waals surface area contributed by atoms with Gasteiger partial charge in [-0.15, -0.1) is 0 Å². The highest BCUT2D eigenvalue weighted by Crippen LogP contribution is 2.22. The van der Waals surface area contributed by atoms with Crippen molar-refractivity contribution in [3.05, 3.63) is 0 Å². The zero-order chi connectivity index (χ0) is 11.5. The summed E-state index contributed by atoms with van der Waals surface area (Å²) < 4.78 is 5.27. The van der Waals surface area contributed by atoms with Gasteiger partial charge in [0.05, 0.1) is 12.5 Å². The molecule has 2 fully saturated rings. The van der Waals surface area contributed by atoms with Gasteiger partial charge in [0.1, 0.15) is 0 Å². The topological polar surface area (TPSA) is 55.6 Å². The van der Waals surface area contributed by atoms with Crippen molar-refractivity contribution in [2.75, 3.05) is 26.3 Å². The quantitative estimate of drug-likeness (QED) is 0.750.